The summed E-state index contributed by atoms with van der Waals surface area (Å²) in [4.78, 5) is 35.8. The first-order valence-corrected chi connectivity index (χ1v) is 12.6. The molecule has 2 heterocycles. The number of rotatable bonds is 13. The first-order valence-electron chi connectivity index (χ1n) is 10.7. The number of nitrogens with one attached hydrogen (secondary N) is 1. The Bertz CT molecular complexity index is 1060. The van der Waals surface area contributed by atoms with Gasteiger partial charge in [-0.15, -0.1) is 0 Å². The normalized spacial score (nSPS) is 15.7. The van der Waals surface area contributed by atoms with Crippen LogP contribution >= 0.6 is 7.52 Å². The first-order chi connectivity index (χ1) is 15.7. The molecule has 2 aromatic rings. The van der Waals surface area contributed by atoms with E-state index in [9.17, 15) is 14.2 Å². The minimum Gasteiger partial charge on any atom is -0.481 e. The van der Waals surface area contributed by atoms with Gasteiger partial charge in [0.25, 0.3) is 7.52 Å². The van der Waals surface area contributed by atoms with Crippen LogP contribution in [-0.4, -0.2) is 66.8 Å². The molecule has 0 aromatic carbocycles. The molecule has 190 valence electrons. The van der Waals surface area contributed by atoms with Crippen LogP contribution in [0, 0.1) is 0 Å². The summed E-state index contributed by atoms with van der Waals surface area (Å²) in [5.74, 6) is -1.49. The number of fused-ring (bicyclic) bond motifs is 1. The molecule has 4 N–H and O–H groups in total. The highest BCUT2D eigenvalue weighted by molar-refractivity contribution is 7.56. The number of esters is 1. The fourth-order valence-electron chi connectivity index (χ4n) is 3.08. The van der Waals surface area contributed by atoms with Crippen molar-refractivity contribution >= 4 is 36.4 Å². The highest BCUT2D eigenvalue weighted by Gasteiger charge is 2.40. The summed E-state index contributed by atoms with van der Waals surface area (Å²) < 4.78 is 32.0. The second-order valence-corrected chi connectivity index (χ2v) is 10.9. The number of nitrogen functional groups attached to an aromatic ring is 1. The maximum atomic E-state index is 13.7. The van der Waals surface area contributed by atoms with E-state index >= 15 is 0 Å². The lowest BCUT2D eigenvalue weighted by molar-refractivity contribution is -0.153. The van der Waals surface area contributed by atoms with Crippen LogP contribution in [-0.2, 0) is 34.7 Å². The monoisotopic (exact) mass is 500 g/mol. The molecule has 0 radical (unpaired) electrons. The molecule has 0 amide bonds. The van der Waals surface area contributed by atoms with Crippen LogP contribution in [0.5, 0.6) is 0 Å². The van der Waals surface area contributed by atoms with Crippen molar-refractivity contribution in [2.24, 2.45) is 0 Å². The van der Waals surface area contributed by atoms with Crippen LogP contribution in [0.4, 0.5) is 5.82 Å². The zero-order valence-corrected chi connectivity index (χ0v) is 21.1. The molecule has 0 aliphatic heterocycles. The molecular weight excluding hydrogens is 467 g/mol. The largest absolute Gasteiger partial charge is 0.481 e. The summed E-state index contributed by atoms with van der Waals surface area (Å²) >= 11 is 0. The van der Waals surface area contributed by atoms with Crippen molar-refractivity contribution < 1.29 is 33.3 Å². The summed E-state index contributed by atoms with van der Waals surface area (Å²) in [6.07, 6.45) is 0.329. The summed E-state index contributed by atoms with van der Waals surface area (Å²) in [6, 6.07) is 0. The zero-order chi connectivity index (χ0) is 25.7. The van der Waals surface area contributed by atoms with E-state index in [4.69, 9.17) is 24.8 Å². The third kappa shape index (κ3) is 7.73. The molecule has 0 fully saturated rings. The Morgan fingerprint density at radius 3 is 2.50 bits per heavy atom. The molecule has 2 rings (SSSR count). The van der Waals surface area contributed by atoms with E-state index in [-0.39, 0.29) is 18.3 Å². The molecule has 0 bridgehead atoms. The van der Waals surface area contributed by atoms with E-state index in [0.29, 0.717) is 17.7 Å². The van der Waals surface area contributed by atoms with Gasteiger partial charge in [-0.3, -0.25) is 14.2 Å². The number of anilines is 1. The smallest absolute Gasteiger partial charge is 0.326 e. The van der Waals surface area contributed by atoms with Crippen molar-refractivity contribution in [3.05, 3.63) is 12.7 Å². The standard InChI is InChI=1S/C20H33N6O7P/c1-12(2)32-19(29)20(5,6)25-34(30,33-13(3)7-15(27)28)11-31-14(4)8-26-10-24-16-17(21)22-9-23-18(16)26/h9-10,12-14H,7-8,11H2,1-6H3,(H,25,30)(H,27,28)(H2,21,22,23)/t13-,14-,34?/m0/s1. The SMILES string of the molecule is CC(C)OC(=O)C(C)(C)NP(=O)(CO[C@@H](C)Cn1cnc2c(N)ncnc21)O[C@@H](C)CC(=O)O. The highest BCUT2D eigenvalue weighted by Crippen LogP contribution is 2.46. The number of ether oxygens (including phenoxy) is 2. The average molecular weight is 500 g/mol. The molecule has 2 aromatic heterocycles. The molecule has 0 spiro atoms. The van der Waals surface area contributed by atoms with E-state index in [0.717, 1.165) is 0 Å². The predicted octanol–water partition coefficient (Wildman–Crippen LogP) is 2.16. The van der Waals surface area contributed by atoms with Crippen molar-refractivity contribution in [1.29, 1.82) is 0 Å². The minimum absolute atomic E-state index is 0.252. The van der Waals surface area contributed by atoms with E-state index in [1.165, 1.54) is 27.1 Å². The fourth-order valence-corrected chi connectivity index (χ4v) is 5.31. The lowest BCUT2D eigenvalue weighted by atomic mass is 10.1. The number of nitrogens with two attached hydrogens (primary N) is 1. The van der Waals surface area contributed by atoms with Crippen molar-refractivity contribution in [3.8, 4) is 0 Å². The van der Waals surface area contributed by atoms with Crippen LogP contribution in [0.15, 0.2) is 12.7 Å². The average Bonchev–Trinajstić information content (AvgIpc) is 3.09. The van der Waals surface area contributed by atoms with Crippen molar-refractivity contribution in [1.82, 2.24) is 24.6 Å². The molecule has 1 unspecified atom stereocenters. The summed E-state index contributed by atoms with van der Waals surface area (Å²) in [5.41, 5.74) is 5.40. The Morgan fingerprint density at radius 1 is 1.21 bits per heavy atom. The molecule has 0 saturated heterocycles. The molecule has 14 heteroatoms. The van der Waals surface area contributed by atoms with Gasteiger partial charge in [0.15, 0.2) is 11.5 Å². The molecule has 34 heavy (non-hydrogen) atoms. The number of carbonyl (C=O) groups is 2. The van der Waals surface area contributed by atoms with Gasteiger partial charge in [0.1, 0.15) is 23.7 Å². The van der Waals surface area contributed by atoms with Gasteiger partial charge in [0, 0.05) is 0 Å². The lowest BCUT2D eigenvalue weighted by Crippen LogP contribution is -2.48. The Labute approximate surface area is 197 Å². The second kappa shape index (κ2) is 11.2. The minimum atomic E-state index is -3.86. The van der Waals surface area contributed by atoms with Gasteiger partial charge in [-0.05, 0) is 41.5 Å². The van der Waals surface area contributed by atoms with Crippen molar-refractivity contribution in [2.45, 2.75) is 78.4 Å². The topological polar surface area (TPSA) is 181 Å². The third-order valence-corrected chi connectivity index (χ3v) is 6.62. The molecular formula is C20H33N6O7P. The lowest BCUT2D eigenvalue weighted by Gasteiger charge is -2.32. The number of aromatic nitrogens is 4. The Balaban J connectivity index is 2.14. The predicted molar refractivity (Wildman–Crippen MR) is 124 cm³/mol. The van der Waals surface area contributed by atoms with Gasteiger partial charge >= 0.3 is 11.9 Å². The number of aliphatic carboxylic acids is 1. The number of hydrogen-bond acceptors (Lipinski definition) is 10. The number of hydrogen-bond donors (Lipinski definition) is 3. The number of imidazole rings is 1. The van der Waals surface area contributed by atoms with Crippen LogP contribution in [0.2, 0.25) is 0 Å². The number of carbonyl (C=O) groups excluding carboxylic acids is 1. The fraction of sp³-hybridized carbons (Fsp3) is 0.650. The van der Waals surface area contributed by atoms with Gasteiger partial charge in [0.2, 0.25) is 0 Å². The quantitative estimate of drug-likeness (QED) is 0.270. The van der Waals surface area contributed by atoms with E-state index in [1.54, 1.807) is 31.7 Å². The number of nitrogens with zero attached hydrogens (tertiary/aromatic N) is 4. The van der Waals surface area contributed by atoms with Gasteiger partial charge in [-0.2, -0.15) is 0 Å². The summed E-state index contributed by atoms with van der Waals surface area (Å²) in [7, 11) is -3.86. The first kappa shape index (κ1) is 27.6. The van der Waals surface area contributed by atoms with Crippen LogP contribution in [0.1, 0.15) is 48.0 Å². The maximum Gasteiger partial charge on any atom is 0.326 e. The molecule has 3 atom stereocenters. The third-order valence-electron chi connectivity index (χ3n) is 4.53. The van der Waals surface area contributed by atoms with Crippen LogP contribution in [0.3, 0.4) is 0 Å². The number of carboxylic acid groups (broad SMARTS) is 1. The number of carboxylic acids is 1. The highest BCUT2D eigenvalue weighted by atomic mass is 31.2. The Kier molecular flexibility index (Phi) is 9.12. The van der Waals surface area contributed by atoms with Gasteiger partial charge in [-0.25, -0.2) is 20.0 Å². The summed E-state index contributed by atoms with van der Waals surface area (Å²) in [6.45, 7) is 9.93. The van der Waals surface area contributed by atoms with Gasteiger partial charge < -0.3 is 29.4 Å². The molecule has 0 saturated carbocycles. The van der Waals surface area contributed by atoms with E-state index in [2.05, 4.69) is 20.0 Å². The Hall–Kier alpha value is -2.60. The second-order valence-electron chi connectivity index (χ2n) is 8.81. The molecule has 13 nitrogen and oxygen atoms in total. The van der Waals surface area contributed by atoms with Crippen molar-refractivity contribution in [2.75, 3.05) is 12.1 Å². The van der Waals surface area contributed by atoms with E-state index in [1.807, 2.05) is 0 Å². The van der Waals surface area contributed by atoms with E-state index < -0.39 is 43.6 Å². The molecule has 0 aliphatic rings. The van der Waals surface area contributed by atoms with Gasteiger partial charge in [0.05, 0.1) is 37.6 Å². The molecule has 0 aliphatic carbocycles. The summed E-state index contributed by atoms with van der Waals surface area (Å²) in [5, 5.41) is 11.8. The van der Waals surface area contributed by atoms with Crippen molar-refractivity contribution in [3.63, 3.8) is 0 Å². The van der Waals surface area contributed by atoms with Crippen LogP contribution < -0.4 is 10.8 Å². The Morgan fingerprint density at radius 2 is 1.88 bits per heavy atom. The van der Waals surface area contributed by atoms with Gasteiger partial charge in [-0.1, -0.05) is 0 Å². The zero-order valence-electron chi connectivity index (χ0n) is 20.2. The van der Waals surface area contributed by atoms with Crippen LogP contribution in [0.25, 0.3) is 11.2 Å². The maximum absolute atomic E-state index is 13.7.